The van der Waals surface area contributed by atoms with Crippen LogP contribution < -0.4 is 0 Å². The summed E-state index contributed by atoms with van der Waals surface area (Å²) in [6, 6.07) is 0. The molecule has 0 aromatic carbocycles. The second kappa shape index (κ2) is 9.39. The lowest BCUT2D eigenvalue weighted by molar-refractivity contribution is -0.157. The number of ether oxygens (including phenoxy) is 4. The molecule has 0 aromatic rings. The number of rotatable bonds is 3. The van der Waals surface area contributed by atoms with Gasteiger partial charge in [-0.05, 0) is 51.5 Å². The van der Waals surface area contributed by atoms with Crippen molar-refractivity contribution < 1.29 is 33.3 Å². The van der Waals surface area contributed by atoms with Crippen LogP contribution in [0.25, 0.3) is 0 Å². The van der Waals surface area contributed by atoms with Gasteiger partial charge in [-0.1, -0.05) is 24.3 Å². The van der Waals surface area contributed by atoms with Gasteiger partial charge < -0.3 is 18.9 Å². The highest BCUT2D eigenvalue weighted by Crippen LogP contribution is 2.48. The van der Waals surface area contributed by atoms with Crippen molar-refractivity contribution in [1.82, 2.24) is 0 Å². The molecule has 1 unspecified atom stereocenters. The van der Waals surface area contributed by atoms with E-state index in [1.54, 1.807) is 0 Å². The normalized spacial score (nSPS) is 37.0. The fourth-order valence-corrected chi connectivity index (χ4v) is 4.47. The Hall–Kier alpha value is -2.41. The molecule has 0 N–H and O–H groups in total. The van der Waals surface area contributed by atoms with Crippen LogP contribution in [0.3, 0.4) is 0 Å². The molecule has 5 atom stereocenters. The Morgan fingerprint density at radius 1 is 1.19 bits per heavy atom. The molecule has 170 valence electrons. The molecule has 2 aliphatic heterocycles. The van der Waals surface area contributed by atoms with Crippen LogP contribution in [0.2, 0.25) is 0 Å². The Bertz CT molecular complexity index is 824. The Kier molecular flexibility index (Phi) is 7.04. The molecule has 0 spiro atoms. The lowest BCUT2D eigenvalue weighted by atomic mass is 9.83. The summed E-state index contributed by atoms with van der Waals surface area (Å²) >= 11 is 0. The van der Waals surface area contributed by atoms with Crippen molar-refractivity contribution in [3.8, 4) is 0 Å². The second-order valence-corrected chi connectivity index (χ2v) is 8.79. The fourth-order valence-electron chi connectivity index (χ4n) is 4.47. The van der Waals surface area contributed by atoms with Gasteiger partial charge in [0.15, 0.2) is 6.10 Å². The fraction of sp³-hybridized carbons (Fsp3) is 0.625. The van der Waals surface area contributed by atoms with Crippen LogP contribution in [0, 0.1) is 5.92 Å². The zero-order valence-electron chi connectivity index (χ0n) is 18.8. The van der Waals surface area contributed by atoms with Crippen LogP contribution in [0.15, 0.2) is 35.5 Å². The van der Waals surface area contributed by atoms with Crippen molar-refractivity contribution in [2.24, 2.45) is 5.92 Å². The first kappa shape index (κ1) is 23.3. The monoisotopic (exact) mass is 432 g/mol. The first-order valence-corrected chi connectivity index (χ1v) is 10.8. The Morgan fingerprint density at radius 3 is 2.61 bits per heavy atom. The van der Waals surface area contributed by atoms with Gasteiger partial charge in [-0.25, -0.2) is 4.79 Å². The van der Waals surface area contributed by atoms with Crippen LogP contribution in [0.5, 0.6) is 0 Å². The molecule has 2 fully saturated rings. The van der Waals surface area contributed by atoms with Gasteiger partial charge >= 0.3 is 17.9 Å². The van der Waals surface area contributed by atoms with E-state index in [9.17, 15) is 14.4 Å². The summed E-state index contributed by atoms with van der Waals surface area (Å²) in [5, 5.41) is 0. The molecule has 31 heavy (non-hydrogen) atoms. The number of allylic oxidation sites excluding steroid dienone is 3. The van der Waals surface area contributed by atoms with E-state index in [1.165, 1.54) is 19.4 Å². The van der Waals surface area contributed by atoms with Crippen LogP contribution >= 0.6 is 0 Å². The highest BCUT2D eigenvalue weighted by atomic mass is 16.6. The van der Waals surface area contributed by atoms with E-state index in [1.807, 2.05) is 13.0 Å². The molecule has 0 amide bonds. The molecule has 3 aliphatic rings. The van der Waals surface area contributed by atoms with Gasteiger partial charge in [0.1, 0.15) is 18.3 Å². The SMILES string of the molecule is C=C1C(=O)O[C@@H]2[C@@H]1CC1O[C@]1(COC(C)=O)CC/C=C(\C)CC/C=C(\C)[C@H]2OC(C)=O. The first-order chi connectivity index (χ1) is 14.6. The number of carbonyl (C=O) groups is 3. The summed E-state index contributed by atoms with van der Waals surface area (Å²) in [5.41, 5.74) is 1.88. The third-order valence-electron chi connectivity index (χ3n) is 6.35. The predicted octanol–water partition coefficient (Wildman–Crippen LogP) is 3.57. The molecule has 2 heterocycles. The Balaban J connectivity index is 1.92. The molecular formula is C24H32O7. The van der Waals surface area contributed by atoms with Crippen molar-refractivity contribution in [3.05, 3.63) is 35.5 Å². The number of esters is 3. The highest BCUT2D eigenvalue weighted by molar-refractivity contribution is 5.91. The highest BCUT2D eigenvalue weighted by Gasteiger charge is 2.59. The first-order valence-electron chi connectivity index (χ1n) is 10.8. The quantitative estimate of drug-likeness (QED) is 0.221. The molecule has 7 nitrogen and oxygen atoms in total. The molecule has 0 saturated carbocycles. The zero-order chi connectivity index (χ0) is 22.8. The lowest BCUT2D eigenvalue weighted by Crippen LogP contribution is -2.37. The Labute approximate surface area is 183 Å². The average Bonchev–Trinajstić information content (AvgIpc) is 3.30. The van der Waals surface area contributed by atoms with E-state index in [2.05, 4.69) is 19.6 Å². The summed E-state index contributed by atoms with van der Waals surface area (Å²) in [6.07, 6.45) is 6.35. The van der Waals surface area contributed by atoms with E-state index in [0.717, 1.165) is 24.8 Å². The maximum Gasteiger partial charge on any atom is 0.334 e. The molecule has 1 aliphatic carbocycles. The van der Waals surface area contributed by atoms with Gasteiger partial charge in [0, 0.05) is 25.3 Å². The maximum absolute atomic E-state index is 12.4. The summed E-state index contributed by atoms with van der Waals surface area (Å²) in [4.78, 5) is 35.6. The number of hydrogen-bond donors (Lipinski definition) is 0. The van der Waals surface area contributed by atoms with E-state index in [-0.39, 0.29) is 24.6 Å². The van der Waals surface area contributed by atoms with E-state index < -0.39 is 29.7 Å². The van der Waals surface area contributed by atoms with Gasteiger partial charge in [-0.15, -0.1) is 0 Å². The maximum atomic E-state index is 12.4. The van der Waals surface area contributed by atoms with Gasteiger partial charge in [0.2, 0.25) is 0 Å². The number of fused-ring (bicyclic) bond motifs is 2. The molecule has 0 aromatic heterocycles. The van der Waals surface area contributed by atoms with Crippen LogP contribution in [0.4, 0.5) is 0 Å². The summed E-state index contributed by atoms with van der Waals surface area (Å²) in [5.74, 6) is -1.63. The van der Waals surface area contributed by atoms with E-state index in [0.29, 0.717) is 18.4 Å². The third-order valence-corrected chi connectivity index (χ3v) is 6.35. The molecular weight excluding hydrogens is 400 g/mol. The van der Waals surface area contributed by atoms with E-state index in [4.69, 9.17) is 18.9 Å². The van der Waals surface area contributed by atoms with Crippen LogP contribution in [-0.2, 0) is 33.3 Å². The van der Waals surface area contributed by atoms with Crippen molar-refractivity contribution in [2.45, 2.75) is 83.7 Å². The smallest absolute Gasteiger partial charge is 0.334 e. The van der Waals surface area contributed by atoms with Gasteiger partial charge in [0.25, 0.3) is 0 Å². The van der Waals surface area contributed by atoms with Crippen LogP contribution in [-0.4, -0.2) is 48.4 Å². The van der Waals surface area contributed by atoms with Crippen molar-refractivity contribution >= 4 is 17.9 Å². The van der Waals surface area contributed by atoms with Crippen molar-refractivity contribution in [3.63, 3.8) is 0 Å². The topological polar surface area (TPSA) is 91.4 Å². The lowest BCUT2D eigenvalue weighted by Gasteiger charge is -2.27. The minimum Gasteiger partial charge on any atom is -0.463 e. The molecule has 0 radical (unpaired) electrons. The summed E-state index contributed by atoms with van der Waals surface area (Å²) < 4.78 is 22.6. The third kappa shape index (κ3) is 5.45. The molecule has 3 rings (SSSR count). The van der Waals surface area contributed by atoms with Crippen molar-refractivity contribution in [2.75, 3.05) is 6.61 Å². The van der Waals surface area contributed by atoms with Crippen LogP contribution in [0.1, 0.15) is 59.8 Å². The van der Waals surface area contributed by atoms with E-state index >= 15 is 0 Å². The van der Waals surface area contributed by atoms with Gasteiger partial charge in [-0.2, -0.15) is 0 Å². The Morgan fingerprint density at radius 2 is 1.94 bits per heavy atom. The zero-order valence-corrected chi connectivity index (χ0v) is 18.8. The van der Waals surface area contributed by atoms with Gasteiger partial charge in [-0.3, -0.25) is 9.59 Å². The minimum absolute atomic E-state index is 0.171. The second-order valence-electron chi connectivity index (χ2n) is 8.79. The summed E-state index contributed by atoms with van der Waals surface area (Å²) in [7, 11) is 0. The summed E-state index contributed by atoms with van der Waals surface area (Å²) in [6.45, 7) is 10.8. The molecule has 0 bridgehead atoms. The number of hydrogen-bond acceptors (Lipinski definition) is 7. The number of carbonyl (C=O) groups excluding carboxylic acids is 3. The molecule has 2 saturated heterocycles. The van der Waals surface area contributed by atoms with Crippen molar-refractivity contribution in [1.29, 1.82) is 0 Å². The van der Waals surface area contributed by atoms with Gasteiger partial charge in [0.05, 0.1) is 6.10 Å². The predicted molar refractivity (Wildman–Crippen MR) is 113 cm³/mol. The largest absolute Gasteiger partial charge is 0.463 e. The minimum atomic E-state index is -0.681. The standard InChI is InChI=1S/C24H32O7/c1-14-8-6-10-15(2)21(29-18(5)26)22-19(16(3)23(27)30-22)12-20-24(31-20,11-7-9-14)13-28-17(4)25/h9-10,19-22H,3,6-8,11-13H2,1-2,4-5H3/b14-9+,15-10+/t19-,20?,21-,22-,24+/m1/s1. The average molecular weight is 433 g/mol. The molecule has 7 heteroatoms. The number of epoxide rings is 1.